The lowest BCUT2D eigenvalue weighted by molar-refractivity contribution is -0.138. The van der Waals surface area contributed by atoms with E-state index >= 15 is 0 Å². The van der Waals surface area contributed by atoms with E-state index in [0.717, 1.165) is 5.39 Å². The Morgan fingerprint density at radius 3 is 2.70 bits per heavy atom. The molecule has 27 heavy (non-hydrogen) atoms. The Labute approximate surface area is 158 Å². The molecule has 2 atom stereocenters. The lowest BCUT2D eigenvalue weighted by atomic mass is 10.1. The first-order chi connectivity index (χ1) is 12.8. The van der Waals surface area contributed by atoms with Gasteiger partial charge in [-0.1, -0.05) is 25.1 Å². The molecule has 2 heterocycles. The first kappa shape index (κ1) is 19.4. The fourth-order valence-corrected chi connectivity index (χ4v) is 5.07. The van der Waals surface area contributed by atoms with E-state index in [1.165, 1.54) is 0 Å². The molecule has 1 aromatic carbocycles. The summed E-state index contributed by atoms with van der Waals surface area (Å²) in [6.07, 6.45) is 1.09. The van der Waals surface area contributed by atoms with E-state index in [1.54, 1.807) is 23.1 Å². The normalized spacial score (nSPS) is 19.7. The number of esters is 1. The molecule has 146 valence electrons. The van der Waals surface area contributed by atoms with E-state index in [-0.39, 0.29) is 29.3 Å². The van der Waals surface area contributed by atoms with Crippen molar-refractivity contribution in [1.82, 2.24) is 4.90 Å². The Hall–Kier alpha value is -2.35. The van der Waals surface area contributed by atoms with E-state index in [1.807, 2.05) is 26.0 Å². The van der Waals surface area contributed by atoms with Gasteiger partial charge in [-0.15, -0.1) is 0 Å². The van der Waals surface area contributed by atoms with Crippen molar-refractivity contribution < 1.29 is 27.2 Å². The van der Waals surface area contributed by atoms with Crippen LogP contribution in [-0.2, 0) is 19.4 Å². The number of carbonyl (C=O) groups excluding carboxylic acids is 2. The summed E-state index contributed by atoms with van der Waals surface area (Å²) in [7, 11) is -3.12. The standard InChI is InChI=1S/C19H23NO6S/c1-3-13(2)20(15-8-9-27(23,24)12-15)18(21)11-25-19(22)17-10-14-6-4-5-7-16(14)26-17/h4-7,10,13,15H,3,8-9,11-12H2,1-2H3/t13-,15-/m0/s1. The van der Waals surface area contributed by atoms with Crippen LogP contribution in [0.25, 0.3) is 11.0 Å². The van der Waals surface area contributed by atoms with Gasteiger partial charge in [-0.2, -0.15) is 0 Å². The van der Waals surface area contributed by atoms with Crippen molar-refractivity contribution in [3.8, 4) is 0 Å². The molecule has 0 N–H and O–H groups in total. The lowest BCUT2D eigenvalue weighted by Crippen LogP contribution is -2.48. The van der Waals surface area contributed by atoms with E-state index in [4.69, 9.17) is 9.15 Å². The molecule has 3 rings (SSSR count). The van der Waals surface area contributed by atoms with E-state index in [9.17, 15) is 18.0 Å². The van der Waals surface area contributed by atoms with Crippen molar-refractivity contribution in [1.29, 1.82) is 0 Å². The maximum Gasteiger partial charge on any atom is 0.374 e. The number of ether oxygens (including phenoxy) is 1. The summed E-state index contributed by atoms with van der Waals surface area (Å²) >= 11 is 0. The minimum absolute atomic E-state index is 0.0301. The van der Waals surface area contributed by atoms with Gasteiger partial charge in [0.2, 0.25) is 5.76 Å². The van der Waals surface area contributed by atoms with Gasteiger partial charge in [-0.25, -0.2) is 13.2 Å². The maximum absolute atomic E-state index is 12.7. The molecule has 0 spiro atoms. The average Bonchev–Trinajstić information content (AvgIpc) is 3.22. The Morgan fingerprint density at radius 2 is 2.07 bits per heavy atom. The highest BCUT2D eigenvalue weighted by Crippen LogP contribution is 2.22. The topological polar surface area (TPSA) is 93.9 Å². The van der Waals surface area contributed by atoms with Crippen LogP contribution >= 0.6 is 0 Å². The SMILES string of the molecule is CC[C@H](C)N(C(=O)COC(=O)c1cc2ccccc2o1)[C@H]1CCS(=O)(=O)C1. The molecule has 0 unspecified atom stereocenters. The summed E-state index contributed by atoms with van der Waals surface area (Å²) < 4.78 is 34.1. The number of hydrogen-bond donors (Lipinski definition) is 0. The highest BCUT2D eigenvalue weighted by atomic mass is 32.2. The second kappa shape index (κ2) is 7.72. The van der Waals surface area contributed by atoms with Gasteiger partial charge in [0.25, 0.3) is 5.91 Å². The number of para-hydroxylation sites is 1. The van der Waals surface area contributed by atoms with Crippen LogP contribution in [0.5, 0.6) is 0 Å². The number of furan rings is 1. The molecule has 1 aliphatic heterocycles. The van der Waals surface area contributed by atoms with Gasteiger partial charge in [0.1, 0.15) is 5.58 Å². The van der Waals surface area contributed by atoms with E-state index in [0.29, 0.717) is 18.4 Å². The fraction of sp³-hybridized carbons (Fsp3) is 0.474. The number of rotatable bonds is 6. The third kappa shape index (κ3) is 4.32. The van der Waals surface area contributed by atoms with Gasteiger partial charge in [-0.3, -0.25) is 4.79 Å². The van der Waals surface area contributed by atoms with Crippen LogP contribution in [-0.4, -0.2) is 55.4 Å². The number of nitrogens with zero attached hydrogens (tertiary/aromatic N) is 1. The molecular formula is C19H23NO6S. The highest BCUT2D eigenvalue weighted by Gasteiger charge is 2.36. The first-order valence-corrected chi connectivity index (χ1v) is 10.8. The number of amides is 1. The number of benzene rings is 1. The number of sulfone groups is 1. The van der Waals surface area contributed by atoms with Crippen molar-refractivity contribution >= 4 is 32.7 Å². The molecule has 0 bridgehead atoms. The second-order valence-electron chi connectivity index (χ2n) is 6.84. The van der Waals surface area contributed by atoms with Gasteiger partial charge < -0.3 is 14.1 Å². The van der Waals surface area contributed by atoms with Crippen LogP contribution in [0.1, 0.15) is 37.2 Å². The molecule has 1 aliphatic rings. The number of fused-ring (bicyclic) bond motifs is 1. The minimum atomic E-state index is -3.12. The summed E-state index contributed by atoms with van der Waals surface area (Å²) in [6, 6.07) is 8.23. The lowest BCUT2D eigenvalue weighted by Gasteiger charge is -2.33. The molecule has 1 aromatic heterocycles. The molecule has 8 heteroatoms. The van der Waals surface area contributed by atoms with Crippen LogP contribution in [0.4, 0.5) is 0 Å². The Bertz CT molecular complexity index is 915. The quantitative estimate of drug-likeness (QED) is 0.700. The average molecular weight is 393 g/mol. The molecule has 0 radical (unpaired) electrons. The van der Waals surface area contributed by atoms with E-state index < -0.39 is 28.3 Å². The summed E-state index contributed by atoms with van der Waals surface area (Å²) in [4.78, 5) is 26.4. The highest BCUT2D eigenvalue weighted by molar-refractivity contribution is 7.91. The Morgan fingerprint density at radius 1 is 1.33 bits per heavy atom. The predicted octanol–water partition coefficient (Wildman–Crippen LogP) is 2.40. The number of carbonyl (C=O) groups is 2. The van der Waals surface area contributed by atoms with Crippen molar-refractivity contribution in [3.63, 3.8) is 0 Å². The molecule has 2 aromatic rings. The van der Waals surface area contributed by atoms with Crippen molar-refractivity contribution in [3.05, 3.63) is 36.1 Å². The van der Waals surface area contributed by atoms with Crippen LogP contribution in [0, 0.1) is 0 Å². The molecule has 1 saturated heterocycles. The van der Waals surface area contributed by atoms with Crippen molar-refractivity contribution in [2.75, 3.05) is 18.1 Å². The molecule has 7 nitrogen and oxygen atoms in total. The first-order valence-electron chi connectivity index (χ1n) is 8.98. The third-order valence-electron chi connectivity index (χ3n) is 4.91. The summed E-state index contributed by atoms with van der Waals surface area (Å²) in [5.41, 5.74) is 0.563. The zero-order valence-corrected chi connectivity index (χ0v) is 16.2. The molecular weight excluding hydrogens is 370 g/mol. The number of hydrogen-bond acceptors (Lipinski definition) is 6. The fourth-order valence-electron chi connectivity index (χ4n) is 3.36. The second-order valence-corrected chi connectivity index (χ2v) is 9.07. The van der Waals surface area contributed by atoms with Gasteiger partial charge >= 0.3 is 5.97 Å². The van der Waals surface area contributed by atoms with Crippen LogP contribution in [0.15, 0.2) is 34.7 Å². The molecule has 1 fully saturated rings. The Balaban J connectivity index is 1.67. The van der Waals surface area contributed by atoms with Gasteiger partial charge in [0, 0.05) is 17.5 Å². The van der Waals surface area contributed by atoms with Gasteiger partial charge in [0.15, 0.2) is 16.4 Å². The largest absolute Gasteiger partial charge is 0.450 e. The smallest absolute Gasteiger partial charge is 0.374 e. The molecule has 1 amide bonds. The maximum atomic E-state index is 12.7. The summed E-state index contributed by atoms with van der Waals surface area (Å²) in [5, 5.41) is 0.771. The van der Waals surface area contributed by atoms with Gasteiger partial charge in [-0.05, 0) is 31.9 Å². The molecule has 0 saturated carbocycles. The van der Waals surface area contributed by atoms with Crippen LogP contribution < -0.4 is 0 Å². The van der Waals surface area contributed by atoms with Crippen molar-refractivity contribution in [2.24, 2.45) is 0 Å². The van der Waals surface area contributed by atoms with E-state index in [2.05, 4.69) is 0 Å². The van der Waals surface area contributed by atoms with Crippen LogP contribution in [0.3, 0.4) is 0 Å². The zero-order chi connectivity index (χ0) is 19.6. The Kier molecular flexibility index (Phi) is 5.55. The van der Waals surface area contributed by atoms with Crippen LogP contribution in [0.2, 0.25) is 0 Å². The van der Waals surface area contributed by atoms with Gasteiger partial charge in [0.05, 0.1) is 11.5 Å². The minimum Gasteiger partial charge on any atom is -0.450 e. The summed E-state index contributed by atoms with van der Waals surface area (Å²) in [6.45, 7) is 3.34. The zero-order valence-electron chi connectivity index (χ0n) is 15.4. The molecule has 0 aliphatic carbocycles. The third-order valence-corrected chi connectivity index (χ3v) is 6.66. The van der Waals surface area contributed by atoms with Crippen molar-refractivity contribution in [2.45, 2.75) is 38.8 Å². The monoisotopic (exact) mass is 393 g/mol. The predicted molar refractivity (Wildman–Crippen MR) is 100 cm³/mol. The summed E-state index contributed by atoms with van der Waals surface area (Å²) in [5.74, 6) is -1.04.